The highest BCUT2D eigenvalue weighted by Crippen LogP contribution is 2.44. The summed E-state index contributed by atoms with van der Waals surface area (Å²) in [4.78, 5) is 15.3. The van der Waals surface area contributed by atoms with Gasteiger partial charge in [-0.15, -0.1) is 0 Å². The largest absolute Gasteiger partial charge is 0.460 e. The van der Waals surface area contributed by atoms with Crippen molar-refractivity contribution in [3.05, 3.63) is 35.9 Å². The Balaban J connectivity index is 1.55. The molecule has 1 N–H and O–H groups in total. The highest BCUT2D eigenvalue weighted by Gasteiger charge is 2.45. The third-order valence-corrected chi connectivity index (χ3v) is 5.95. The van der Waals surface area contributed by atoms with Crippen molar-refractivity contribution in [1.82, 2.24) is 4.90 Å². The van der Waals surface area contributed by atoms with Gasteiger partial charge in [0.05, 0.1) is 0 Å². The number of esters is 1. The predicted molar refractivity (Wildman–Crippen MR) is 103 cm³/mol. The molecular formula is C22H33NO3. The summed E-state index contributed by atoms with van der Waals surface area (Å²) in [5.74, 6) is 1.35. The maximum absolute atomic E-state index is 12.8. The van der Waals surface area contributed by atoms with E-state index in [-0.39, 0.29) is 6.10 Å². The number of likely N-dealkylation sites (tertiary alicyclic amines) is 1. The first-order chi connectivity index (χ1) is 12.5. The number of unbranched alkanes of at least 4 members (excludes halogenated alkanes) is 2. The summed E-state index contributed by atoms with van der Waals surface area (Å²) in [6.45, 7) is 7.43. The molecule has 1 aliphatic heterocycles. The zero-order valence-electron chi connectivity index (χ0n) is 16.2. The summed E-state index contributed by atoms with van der Waals surface area (Å²) in [6, 6.07) is 9.23. The van der Waals surface area contributed by atoms with Gasteiger partial charge in [-0.1, -0.05) is 50.1 Å². The van der Waals surface area contributed by atoms with Gasteiger partial charge in [-0.3, -0.25) is 0 Å². The zero-order valence-corrected chi connectivity index (χ0v) is 16.2. The number of hydrogen-bond acceptors (Lipinski definition) is 4. The monoisotopic (exact) mass is 359 g/mol. The van der Waals surface area contributed by atoms with Crippen LogP contribution in [0.15, 0.2) is 30.3 Å². The number of fused-ring (bicyclic) bond motifs is 1. The van der Waals surface area contributed by atoms with Gasteiger partial charge in [0.25, 0.3) is 0 Å². The van der Waals surface area contributed by atoms with Gasteiger partial charge in [-0.05, 0) is 50.0 Å². The molecule has 2 aliphatic rings. The normalized spacial score (nSPS) is 25.3. The van der Waals surface area contributed by atoms with E-state index in [1.165, 1.54) is 19.5 Å². The number of carbonyl (C=O) groups is 1. The van der Waals surface area contributed by atoms with E-state index < -0.39 is 11.6 Å². The van der Waals surface area contributed by atoms with Gasteiger partial charge in [0, 0.05) is 19.6 Å². The first-order valence-electron chi connectivity index (χ1n) is 10.2. The number of hydrogen-bond donors (Lipinski definition) is 1. The SMILES string of the molecule is CCCCCC(O)(C(=O)OC(C)CCN1CC2CC2C1)c1ccccc1. The van der Waals surface area contributed by atoms with Crippen molar-refractivity contribution < 1.29 is 14.6 Å². The van der Waals surface area contributed by atoms with Crippen molar-refractivity contribution >= 4 is 5.97 Å². The second kappa shape index (κ2) is 8.53. The first-order valence-corrected chi connectivity index (χ1v) is 10.2. The number of benzene rings is 1. The number of carbonyl (C=O) groups excluding carboxylic acids is 1. The minimum absolute atomic E-state index is 0.180. The highest BCUT2D eigenvalue weighted by molar-refractivity contribution is 5.81. The van der Waals surface area contributed by atoms with Gasteiger partial charge < -0.3 is 14.7 Å². The van der Waals surface area contributed by atoms with Gasteiger partial charge >= 0.3 is 5.97 Å². The van der Waals surface area contributed by atoms with Gasteiger partial charge in [0.2, 0.25) is 0 Å². The van der Waals surface area contributed by atoms with Crippen LogP contribution >= 0.6 is 0 Å². The molecule has 0 amide bonds. The van der Waals surface area contributed by atoms with Crippen LogP contribution in [0.5, 0.6) is 0 Å². The van der Waals surface area contributed by atoms with Crippen LogP contribution in [0.3, 0.4) is 0 Å². The molecule has 1 heterocycles. The fourth-order valence-electron chi connectivity index (χ4n) is 4.09. The van der Waals surface area contributed by atoms with Crippen LogP contribution in [0.25, 0.3) is 0 Å². The summed E-state index contributed by atoms with van der Waals surface area (Å²) in [5, 5.41) is 11.2. The van der Waals surface area contributed by atoms with Crippen LogP contribution in [0, 0.1) is 11.8 Å². The molecule has 0 bridgehead atoms. The Kier molecular flexibility index (Phi) is 6.36. The van der Waals surface area contributed by atoms with Crippen molar-refractivity contribution in [2.45, 2.75) is 64.1 Å². The topological polar surface area (TPSA) is 49.8 Å². The minimum atomic E-state index is -1.54. The molecule has 1 aromatic carbocycles. The summed E-state index contributed by atoms with van der Waals surface area (Å²) in [7, 11) is 0. The predicted octanol–water partition coefficient (Wildman–Crippen LogP) is 3.73. The first kappa shape index (κ1) is 19.4. The molecule has 4 nitrogen and oxygen atoms in total. The van der Waals surface area contributed by atoms with Crippen LogP contribution < -0.4 is 0 Å². The lowest BCUT2D eigenvalue weighted by atomic mass is 9.88. The minimum Gasteiger partial charge on any atom is -0.460 e. The van der Waals surface area contributed by atoms with E-state index in [4.69, 9.17) is 4.74 Å². The van der Waals surface area contributed by atoms with Gasteiger partial charge in [-0.2, -0.15) is 0 Å². The van der Waals surface area contributed by atoms with Crippen LogP contribution in [0.1, 0.15) is 57.9 Å². The molecule has 1 aliphatic carbocycles. The molecule has 2 fully saturated rings. The molecule has 1 saturated heterocycles. The Hall–Kier alpha value is -1.39. The zero-order chi connectivity index (χ0) is 18.6. The highest BCUT2D eigenvalue weighted by atomic mass is 16.6. The summed E-state index contributed by atoms with van der Waals surface area (Å²) in [5.41, 5.74) is -0.909. The number of piperidine rings is 1. The number of ether oxygens (including phenoxy) is 1. The lowest BCUT2D eigenvalue weighted by Gasteiger charge is -2.29. The van der Waals surface area contributed by atoms with Crippen LogP contribution in [-0.2, 0) is 15.1 Å². The molecule has 0 aromatic heterocycles. The average Bonchev–Trinajstić information content (AvgIpc) is 3.26. The molecule has 1 saturated carbocycles. The molecular weight excluding hydrogens is 326 g/mol. The van der Waals surface area contributed by atoms with Crippen molar-refractivity contribution in [2.24, 2.45) is 11.8 Å². The van der Waals surface area contributed by atoms with Crippen molar-refractivity contribution in [2.75, 3.05) is 19.6 Å². The fraction of sp³-hybridized carbons (Fsp3) is 0.682. The number of nitrogens with zero attached hydrogens (tertiary/aromatic N) is 1. The fourth-order valence-corrected chi connectivity index (χ4v) is 4.09. The Labute approximate surface area is 157 Å². The third-order valence-electron chi connectivity index (χ3n) is 5.95. The molecule has 4 atom stereocenters. The maximum Gasteiger partial charge on any atom is 0.343 e. The van der Waals surface area contributed by atoms with Crippen molar-refractivity contribution in [3.63, 3.8) is 0 Å². The lowest BCUT2D eigenvalue weighted by Crippen LogP contribution is -2.39. The molecule has 26 heavy (non-hydrogen) atoms. The quantitative estimate of drug-likeness (QED) is 0.511. The van der Waals surface area contributed by atoms with E-state index in [0.717, 1.165) is 44.1 Å². The Morgan fingerprint density at radius 3 is 2.62 bits per heavy atom. The molecule has 0 radical (unpaired) electrons. The van der Waals surface area contributed by atoms with Gasteiger partial charge in [0.1, 0.15) is 6.10 Å². The van der Waals surface area contributed by atoms with Crippen LogP contribution in [-0.4, -0.2) is 41.7 Å². The Morgan fingerprint density at radius 2 is 1.96 bits per heavy atom. The second-order valence-corrected chi connectivity index (χ2v) is 8.20. The molecule has 144 valence electrons. The molecule has 0 spiro atoms. The lowest BCUT2D eigenvalue weighted by molar-refractivity contribution is -0.173. The smallest absolute Gasteiger partial charge is 0.343 e. The maximum atomic E-state index is 12.8. The van der Waals surface area contributed by atoms with Gasteiger partial charge in [-0.25, -0.2) is 4.79 Å². The van der Waals surface area contributed by atoms with Crippen LogP contribution in [0.2, 0.25) is 0 Å². The van der Waals surface area contributed by atoms with Crippen molar-refractivity contribution in [1.29, 1.82) is 0 Å². The summed E-state index contributed by atoms with van der Waals surface area (Å²) >= 11 is 0. The average molecular weight is 360 g/mol. The summed E-state index contributed by atoms with van der Waals surface area (Å²) in [6.07, 6.45) is 5.31. The van der Waals surface area contributed by atoms with E-state index in [9.17, 15) is 9.90 Å². The Morgan fingerprint density at radius 1 is 1.27 bits per heavy atom. The molecule has 1 aromatic rings. The van der Waals surface area contributed by atoms with Crippen molar-refractivity contribution in [3.8, 4) is 0 Å². The van der Waals surface area contributed by atoms with E-state index in [2.05, 4.69) is 11.8 Å². The van der Waals surface area contributed by atoms with E-state index in [1.54, 1.807) is 0 Å². The molecule has 4 unspecified atom stereocenters. The van der Waals surface area contributed by atoms with E-state index >= 15 is 0 Å². The van der Waals surface area contributed by atoms with Crippen LogP contribution in [0.4, 0.5) is 0 Å². The third kappa shape index (κ3) is 4.66. The molecule has 3 rings (SSSR count). The standard InChI is InChI=1S/C22H33NO3/c1-3-4-8-12-22(25,20-9-6-5-7-10-20)21(24)26-17(2)11-13-23-15-18-14-19(18)16-23/h5-7,9-10,17-19,25H,3-4,8,11-16H2,1-2H3. The number of rotatable bonds is 10. The number of aliphatic hydroxyl groups is 1. The van der Waals surface area contributed by atoms with E-state index in [1.807, 2.05) is 37.3 Å². The molecule has 4 heteroatoms. The van der Waals surface area contributed by atoms with Gasteiger partial charge in [0.15, 0.2) is 5.60 Å². The Bertz CT molecular complexity index is 580. The summed E-state index contributed by atoms with van der Waals surface area (Å²) < 4.78 is 5.68. The second-order valence-electron chi connectivity index (χ2n) is 8.20. The van der Waals surface area contributed by atoms with E-state index in [0.29, 0.717) is 12.0 Å².